The Morgan fingerprint density at radius 2 is 1.89 bits per heavy atom. The number of aromatic nitrogens is 3. The van der Waals surface area contributed by atoms with Crippen molar-refractivity contribution in [2.24, 2.45) is 4.99 Å². The summed E-state index contributed by atoms with van der Waals surface area (Å²) in [5, 5.41) is 0.229. The van der Waals surface area contributed by atoms with Gasteiger partial charge in [0.2, 0.25) is 0 Å². The molecule has 0 spiro atoms. The molecule has 0 N–H and O–H groups in total. The number of hydrogen-bond donors (Lipinski definition) is 0. The summed E-state index contributed by atoms with van der Waals surface area (Å²) in [6.07, 6.45) is 3.16. The molecule has 1 amide bonds. The molecule has 0 saturated carbocycles. The van der Waals surface area contributed by atoms with Gasteiger partial charge in [0.05, 0.1) is 24.6 Å². The van der Waals surface area contributed by atoms with Gasteiger partial charge in [-0.25, -0.2) is 9.78 Å². The largest absolute Gasteiger partial charge is 0.462 e. The number of nitrogens with zero attached hydrogens (tertiary/aromatic N) is 4. The number of rotatable bonds is 5. The van der Waals surface area contributed by atoms with Gasteiger partial charge in [-0.3, -0.25) is 14.0 Å². The number of pyridine rings is 2. The highest BCUT2D eigenvalue weighted by molar-refractivity contribution is 5.97. The Hall–Kier alpha value is -4.11. The van der Waals surface area contributed by atoms with E-state index in [4.69, 9.17) is 14.5 Å². The normalized spacial score (nSPS) is 15.9. The lowest BCUT2D eigenvalue weighted by Crippen LogP contribution is -2.35. The van der Waals surface area contributed by atoms with Gasteiger partial charge in [0, 0.05) is 18.4 Å². The minimum absolute atomic E-state index is 0.0292. The molecule has 4 aromatic rings. The maximum absolute atomic E-state index is 13.6. The number of carbonyl (C=O) groups is 2. The van der Waals surface area contributed by atoms with Gasteiger partial charge in [0.25, 0.3) is 11.5 Å². The summed E-state index contributed by atoms with van der Waals surface area (Å²) in [6.45, 7) is 8.41. The van der Waals surface area contributed by atoms with Crippen LogP contribution in [-0.2, 0) is 16.0 Å². The second-order valence-electron chi connectivity index (χ2n) is 9.68. The number of amides is 1. The number of carbonyl (C=O) groups excluding carboxylic acids is 2. The topological polar surface area (TPSA) is 104 Å². The molecule has 9 heteroatoms. The third-order valence-corrected chi connectivity index (χ3v) is 6.69. The Bertz CT molecular complexity index is 1690. The fourth-order valence-electron chi connectivity index (χ4n) is 4.99. The summed E-state index contributed by atoms with van der Waals surface area (Å²) in [7, 11) is 0. The highest BCUT2D eigenvalue weighted by atomic mass is 16.5. The second-order valence-corrected chi connectivity index (χ2v) is 9.68. The van der Waals surface area contributed by atoms with E-state index in [0.717, 1.165) is 29.5 Å². The first kappa shape index (κ1) is 25.5. The van der Waals surface area contributed by atoms with Crippen LogP contribution in [0.1, 0.15) is 57.2 Å². The van der Waals surface area contributed by atoms with Gasteiger partial charge in [-0.1, -0.05) is 23.3 Å². The fourth-order valence-corrected chi connectivity index (χ4v) is 4.99. The van der Waals surface area contributed by atoms with Crippen LogP contribution in [0.25, 0.3) is 16.7 Å². The van der Waals surface area contributed by atoms with Crippen LogP contribution >= 0.6 is 0 Å². The molecule has 196 valence electrons. The van der Waals surface area contributed by atoms with E-state index >= 15 is 0 Å². The Labute approximate surface area is 219 Å². The molecule has 0 bridgehead atoms. The van der Waals surface area contributed by atoms with E-state index in [9.17, 15) is 14.4 Å². The molecule has 1 saturated heterocycles. The molecule has 9 nitrogen and oxygen atoms in total. The van der Waals surface area contributed by atoms with Crippen molar-refractivity contribution in [2.75, 3.05) is 13.2 Å². The van der Waals surface area contributed by atoms with E-state index in [0.29, 0.717) is 23.5 Å². The number of benzene rings is 1. The van der Waals surface area contributed by atoms with Gasteiger partial charge in [-0.05, 0) is 70.4 Å². The van der Waals surface area contributed by atoms with Crippen LogP contribution in [0.2, 0.25) is 0 Å². The molecule has 1 aliphatic heterocycles. The van der Waals surface area contributed by atoms with Crippen LogP contribution in [0, 0.1) is 20.8 Å². The molecule has 4 heterocycles. The monoisotopic (exact) mass is 514 g/mol. The number of fused-ring (bicyclic) bond motifs is 2. The minimum Gasteiger partial charge on any atom is -0.462 e. The molecular formula is C29H30N4O5. The van der Waals surface area contributed by atoms with Gasteiger partial charge >= 0.3 is 5.97 Å². The van der Waals surface area contributed by atoms with Gasteiger partial charge in [0.1, 0.15) is 16.9 Å². The molecule has 1 atom stereocenters. The van der Waals surface area contributed by atoms with E-state index in [1.165, 1.54) is 10.5 Å². The van der Waals surface area contributed by atoms with Gasteiger partial charge in [0.15, 0.2) is 5.49 Å². The SMILES string of the molecule is CCOC(=O)c1cc2c(=O)n3cccc(C)c3nc2n(CC2CCCO2)c1=NC(=O)c1cc(C)cc(C)c1. The van der Waals surface area contributed by atoms with E-state index < -0.39 is 11.9 Å². The fraction of sp³-hybridized carbons (Fsp3) is 0.345. The number of esters is 1. The van der Waals surface area contributed by atoms with Gasteiger partial charge in [-0.2, -0.15) is 4.99 Å². The predicted octanol–water partition coefficient (Wildman–Crippen LogP) is 3.67. The Kier molecular flexibility index (Phi) is 6.94. The van der Waals surface area contributed by atoms with E-state index in [1.54, 1.807) is 35.9 Å². The smallest absolute Gasteiger partial charge is 0.341 e. The minimum atomic E-state index is -0.670. The first-order valence-electron chi connectivity index (χ1n) is 12.8. The van der Waals surface area contributed by atoms with Crippen molar-refractivity contribution < 1.29 is 19.1 Å². The lowest BCUT2D eigenvalue weighted by molar-refractivity contribution is 0.0521. The van der Waals surface area contributed by atoms with Crippen molar-refractivity contribution >= 4 is 28.6 Å². The van der Waals surface area contributed by atoms with Crippen LogP contribution in [0.4, 0.5) is 0 Å². The summed E-state index contributed by atoms with van der Waals surface area (Å²) in [4.78, 5) is 49.6. The van der Waals surface area contributed by atoms with Gasteiger partial charge in [-0.15, -0.1) is 0 Å². The van der Waals surface area contributed by atoms with E-state index in [-0.39, 0.29) is 41.3 Å². The zero-order valence-corrected chi connectivity index (χ0v) is 22.0. The quantitative estimate of drug-likeness (QED) is 0.297. The van der Waals surface area contributed by atoms with Crippen molar-refractivity contribution in [3.8, 4) is 0 Å². The average molecular weight is 515 g/mol. The third-order valence-electron chi connectivity index (χ3n) is 6.69. The Morgan fingerprint density at radius 3 is 2.58 bits per heavy atom. The van der Waals surface area contributed by atoms with Crippen molar-refractivity contribution in [1.82, 2.24) is 14.0 Å². The molecule has 0 radical (unpaired) electrons. The highest BCUT2D eigenvalue weighted by Gasteiger charge is 2.24. The molecule has 1 aromatic carbocycles. The van der Waals surface area contributed by atoms with E-state index in [2.05, 4.69) is 4.99 Å². The molecule has 1 unspecified atom stereocenters. The predicted molar refractivity (Wildman–Crippen MR) is 142 cm³/mol. The Balaban J connectivity index is 1.88. The molecule has 1 fully saturated rings. The Morgan fingerprint density at radius 1 is 1.13 bits per heavy atom. The van der Waals surface area contributed by atoms with Crippen molar-refractivity contribution in [3.63, 3.8) is 0 Å². The summed E-state index contributed by atoms with van der Waals surface area (Å²) in [5.74, 6) is -1.17. The summed E-state index contributed by atoms with van der Waals surface area (Å²) in [6, 6.07) is 10.6. The lowest BCUT2D eigenvalue weighted by Gasteiger charge is -2.18. The maximum atomic E-state index is 13.6. The highest BCUT2D eigenvalue weighted by Crippen LogP contribution is 2.18. The van der Waals surface area contributed by atoms with Crippen LogP contribution in [0.3, 0.4) is 0 Å². The molecule has 38 heavy (non-hydrogen) atoms. The van der Waals surface area contributed by atoms with E-state index in [1.807, 2.05) is 32.9 Å². The van der Waals surface area contributed by atoms with Crippen LogP contribution < -0.4 is 11.0 Å². The second kappa shape index (κ2) is 10.3. The zero-order valence-electron chi connectivity index (χ0n) is 22.0. The van der Waals surface area contributed by atoms with Crippen molar-refractivity contribution in [2.45, 2.75) is 53.2 Å². The van der Waals surface area contributed by atoms with Crippen LogP contribution in [-0.4, -0.2) is 45.1 Å². The van der Waals surface area contributed by atoms with Crippen LogP contribution in [0.5, 0.6) is 0 Å². The summed E-state index contributed by atoms with van der Waals surface area (Å²) in [5.41, 5.74) is 3.70. The molecule has 3 aromatic heterocycles. The first-order chi connectivity index (χ1) is 18.3. The lowest BCUT2D eigenvalue weighted by atomic mass is 10.1. The number of ether oxygens (including phenoxy) is 2. The molecular weight excluding hydrogens is 484 g/mol. The number of aryl methyl sites for hydroxylation is 3. The first-order valence-corrected chi connectivity index (χ1v) is 12.8. The third kappa shape index (κ3) is 4.77. The average Bonchev–Trinajstić information content (AvgIpc) is 3.39. The molecule has 5 rings (SSSR count). The van der Waals surface area contributed by atoms with Gasteiger partial charge < -0.3 is 14.0 Å². The summed E-state index contributed by atoms with van der Waals surface area (Å²) < 4.78 is 14.4. The number of hydrogen-bond acceptors (Lipinski definition) is 6. The standard InChI is InChI=1S/C29H30N4O5/c1-5-37-29(36)23-15-22-25(30-24-19(4)8-6-10-32(24)28(22)35)33(16-21-9-7-11-38-21)26(23)31-27(34)20-13-17(2)12-18(3)14-20/h6,8,10,12-15,21H,5,7,9,11,16H2,1-4H3. The molecule has 1 aliphatic rings. The maximum Gasteiger partial charge on any atom is 0.341 e. The summed E-state index contributed by atoms with van der Waals surface area (Å²) >= 11 is 0. The van der Waals surface area contributed by atoms with Crippen molar-refractivity contribution in [1.29, 1.82) is 0 Å². The van der Waals surface area contributed by atoms with Crippen molar-refractivity contribution in [3.05, 3.63) is 86.3 Å². The molecule has 0 aliphatic carbocycles. The van der Waals surface area contributed by atoms with Crippen LogP contribution in [0.15, 0.2) is 52.4 Å². The zero-order chi connectivity index (χ0) is 27.0.